The summed E-state index contributed by atoms with van der Waals surface area (Å²) < 4.78 is 0. The minimum absolute atomic E-state index is 0.0697. The molecule has 2 heterocycles. The van der Waals surface area contributed by atoms with Gasteiger partial charge in [-0.2, -0.15) is 0 Å². The van der Waals surface area contributed by atoms with Crippen LogP contribution in [0.4, 0.5) is 34.1 Å². The Morgan fingerprint density at radius 1 is 0.294 bits per heavy atom. The summed E-state index contributed by atoms with van der Waals surface area (Å²) in [5, 5.41) is 2.48. The SMILES string of the molecule is Cc1ccc2ccccc2c1-c1cc2c3c(c1)N(c1ccc(-c4ccccc4)cc1)c1ccc(-c4ccccc4)cc1B3c1cc(-c3ccccc3)ccc1N2c1ccc(-c2ccccc2)cc1. The predicted molar refractivity (Wildman–Crippen MR) is 290 cm³/mol. The van der Waals surface area contributed by atoms with E-state index in [-0.39, 0.29) is 6.71 Å². The second-order valence-corrected chi connectivity index (χ2v) is 18.1. The van der Waals surface area contributed by atoms with Crippen molar-refractivity contribution in [2.45, 2.75) is 6.92 Å². The Hall–Kier alpha value is -8.66. The van der Waals surface area contributed by atoms with Gasteiger partial charge >= 0.3 is 0 Å². The van der Waals surface area contributed by atoms with E-state index in [0.29, 0.717) is 0 Å². The number of rotatable bonds is 7. The molecule has 11 aromatic carbocycles. The Labute approximate surface area is 398 Å². The van der Waals surface area contributed by atoms with Crippen LogP contribution < -0.4 is 26.2 Å². The topological polar surface area (TPSA) is 6.48 Å². The summed E-state index contributed by atoms with van der Waals surface area (Å²) in [5.41, 5.74) is 24.1. The van der Waals surface area contributed by atoms with Crippen molar-refractivity contribution < 1.29 is 0 Å². The van der Waals surface area contributed by atoms with Crippen molar-refractivity contribution >= 4 is 68.0 Å². The molecule has 0 unspecified atom stereocenters. The Kier molecular flexibility index (Phi) is 9.54. The number of benzene rings is 11. The molecule has 11 aromatic rings. The van der Waals surface area contributed by atoms with Gasteiger partial charge in [-0.25, -0.2) is 0 Å². The third kappa shape index (κ3) is 6.66. The summed E-state index contributed by atoms with van der Waals surface area (Å²) in [5.74, 6) is 0. The van der Waals surface area contributed by atoms with Crippen molar-refractivity contribution in [3.05, 3.63) is 260 Å². The van der Waals surface area contributed by atoms with Gasteiger partial charge in [0.05, 0.1) is 0 Å². The van der Waals surface area contributed by atoms with Gasteiger partial charge in [0.2, 0.25) is 0 Å². The summed E-state index contributed by atoms with van der Waals surface area (Å²) in [6, 6.07) is 94.1. The van der Waals surface area contributed by atoms with Gasteiger partial charge < -0.3 is 9.80 Å². The molecule has 68 heavy (non-hydrogen) atoms. The standard InChI is InChI=1S/C65H45BN2/c1-44-26-27-51-24-14-15-25-57(51)64(44)54-42-62-65-63(43-54)68(56-36-30-50(31-37-56)46-18-8-3-9-19-46)61-39-33-53(48-22-12-5-13-23-48)41-59(61)66(65)58-40-52(47-20-10-4-11-21-47)32-38-60(58)67(62)55-34-28-49(29-35-55)45-16-6-2-7-17-45/h2-43H,1H3. The van der Waals surface area contributed by atoms with Crippen LogP contribution >= 0.6 is 0 Å². The van der Waals surface area contributed by atoms with E-state index in [2.05, 4.69) is 272 Å². The van der Waals surface area contributed by atoms with E-state index in [9.17, 15) is 0 Å². The van der Waals surface area contributed by atoms with Crippen molar-refractivity contribution in [2.24, 2.45) is 0 Å². The fourth-order valence-electron chi connectivity index (χ4n) is 11.0. The Morgan fingerprint density at radius 2 is 0.676 bits per heavy atom. The molecule has 2 aliphatic heterocycles. The molecular weight excluding hydrogens is 820 g/mol. The number of hydrogen-bond acceptors (Lipinski definition) is 2. The van der Waals surface area contributed by atoms with Crippen LogP contribution in [-0.4, -0.2) is 6.71 Å². The van der Waals surface area contributed by atoms with Gasteiger partial charge in [0.25, 0.3) is 6.71 Å². The van der Waals surface area contributed by atoms with E-state index in [0.717, 1.165) is 11.4 Å². The second kappa shape index (κ2) is 16.3. The zero-order valence-electron chi connectivity index (χ0n) is 37.7. The third-order valence-electron chi connectivity index (χ3n) is 14.2. The molecule has 2 aliphatic rings. The van der Waals surface area contributed by atoms with E-state index < -0.39 is 0 Å². The van der Waals surface area contributed by atoms with Crippen LogP contribution in [0.15, 0.2) is 255 Å². The molecule has 0 aromatic heterocycles. The van der Waals surface area contributed by atoms with Crippen LogP contribution in [0.5, 0.6) is 0 Å². The highest BCUT2D eigenvalue weighted by molar-refractivity contribution is 7.00. The summed E-state index contributed by atoms with van der Waals surface area (Å²) >= 11 is 0. The second-order valence-electron chi connectivity index (χ2n) is 18.1. The van der Waals surface area contributed by atoms with Crippen LogP contribution in [0, 0.1) is 6.92 Å². The lowest BCUT2D eigenvalue weighted by Gasteiger charge is -2.45. The number of anilines is 6. The molecular formula is C65H45BN2. The van der Waals surface area contributed by atoms with Crippen LogP contribution in [0.1, 0.15) is 5.56 Å². The van der Waals surface area contributed by atoms with Gasteiger partial charge in [-0.05, 0) is 144 Å². The molecule has 0 amide bonds. The van der Waals surface area contributed by atoms with Crippen LogP contribution in [0.25, 0.3) is 66.4 Å². The Balaban J connectivity index is 1.13. The fourth-order valence-corrected chi connectivity index (χ4v) is 11.0. The first-order valence-corrected chi connectivity index (χ1v) is 23.6. The van der Waals surface area contributed by atoms with Crippen molar-refractivity contribution in [2.75, 3.05) is 9.80 Å². The van der Waals surface area contributed by atoms with Crippen molar-refractivity contribution in [3.8, 4) is 55.6 Å². The molecule has 0 atom stereocenters. The molecule has 0 saturated heterocycles. The van der Waals surface area contributed by atoms with Crippen LogP contribution in [0.3, 0.4) is 0 Å². The maximum absolute atomic E-state index is 2.54. The molecule has 0 saturated carbocycles. The van der Waals surface area contributed by atoms with Crippen LogP contribution in [-0.2, 0) is 0 Å². The number of hydrogen-bond donors (Lipinski definition) is 0. The minimum Gasteiger partial charge on any atom is -0.311 e. The van der Waals surface area contributed by atoms with E-state index in [1.165, 1.54) is 111 Å². The molecule has 0 spiro atoms. The summed E-state index contributed by atoms with van der Waals surface area (Å²) in [6.07, 6.45) is 0. The lowest BCUT2D eigenvalue weighted by molar-refractivity contribution is 1.25. The van der Waals surface area contributed by atoms with Gasteiger partial charge in [0, 0.05) is 34.1 Å². The zero-order valence-corrected chi connectivity index (χ0v) is 37.7. The summed E-state index contributed by atoms with van der Waals surface area (Å²) in [4.78, 5) is 5.09. The zero-order chi connectivity index (χ0) is 45.1. The molecule has 0 N–H and O–H groups in total. The molecule has 0 aliphatic carbocycles. The van der Waals surface area contributed by atoms with Gasteiger partial charge in [0.15, 0.2) is 0 Å². The number of aryl methyl sites for hydroxylation is 1. The van der Waals surface area contributed by atoms with Gasteiger partial charge in [0.1, 0.15) is 0 Å². The smallest absolute Gasteiger partial charge is 0.252 e. The highest BCUT2D eigenvalue weighted by Crippen LogP contribution is 2.48. The summed E-state index contributed by atoms with van der Waals surface area (Å²) in [7, 11) is 0. The third-order valence-corrected chi connectivity index (χ3v) is 14.2. The van der Waals surface area contributed by atoms with Crippen molar-refractivity contribution in [1.29, 1.82) is 0 Å². The predicted octanol–water partition coefficient (Wildman–Crippen LogP) is 15.6. The minimum atomic E-state index is -0.0697. The monoisotopic (exact) mass is 864 g/mol. The first kappa shape index (κ1) is 39.7. The van der Waals surface area contributed by atoms with Gasteiger partial charge in [-0.1, -0.05) is 206 Å². The quantitative estimate of drug-likeness (QED) is 0.147. The van der Waals surface area contributed by atoms with E-state index in [1.807, 2.05) is 0 Å². The molecule has 13 rings (SSSR count). The normalized spacial score (nSPS) is 12.4. The van der Waals surface area contributed by atoms with Crippen molar-refractivity contribution in [1.82, 2.24) is 0 Å². The first-order chi connectivity index (χ1) is 33.6. The fraction of sp³-hybridized carbons (Fsp3) is 0.0154. The maximum Gasteiger partial charge on any atom is 0.252 e. The molecule has 3 heteroatoms. The average Bonchev–Trinajstić information content (AvgIpc) is 3.41. The lowest BCUT2D eigenvalue weighted by Crippen LogP contribution is -2.61. The van der Waals surface area contributed by atoms with Gasteiger partial charge in [-0.15, -0.1) is 0 Å². The van der Waals surface area contributed by atoms with E-state index in [1.54, 1.807) is 0 Å². The Bertz CT molecular complexity index is 3460. The van der Waals surface area contributed by atoms with Gasteiger partial charge in [-0.3, -0.25) is 0 Å². The highest BCUT2D eigenvalue weighted by atomic mass is 15.2. The molecule has 318 valence electrons. The lowest BCUT2D eigenvalue weighted by atomic mass is 9.33. The molecule has 0 bridgehead atoms. The summed E-state index contributed by atoms with van der Waals surface area (Å²) in [6.45, 7) is 2.19. The number of nitrogens with zero attached hydrogens (tertiary/aromatic N) is 2. The molecule has 2 nitrogen and oxygen atoms in total. The molecule has 0 radical (unpaired) electrons. The highest BCUT2D eigenvalue weighted by Gasteiger charge is 2.44. The first-order valence-electron chi connectivity index (χ1n) is 23.6. The van der Waals surface area contributed by atoms with E-state index >= 15 is 0 Å². The maximum atomic E-state index is 2.54. The Morgan fingerprint density at radius 3 is 1.13 bits per heavy atom. The number of fused-ring (bicyclic) bond motifs is 5. The largest absolute Gasteiger partial charge is 0.311 e. The van der Waals surface area contributed by atoms with Crippen LogP contribution in [0.2, 0.25) is 0 Å². The average molecular weight is 865 g/mol. The van der Waals surface area contributed by atoms with E-state index in [4.69, 9.17) is 0 Å². The molecule has 0 fully saturated rings. The van der Waals surface area contributed by atoms with Crippen molar-refractivity contribution in [3.63, 3.8) is 0 Å².